The summed E-state index contributed by atoms with van der Waals surface area (Å²) in [7, 11) is 0. The van der Waals surface area contributed by atoms with Crippen molar-refractivity contribution in [3.8, 4) is 0 Å². The Labute approximate surface area is 109 Å². The van der Waals surface area contributed by atoms with E-state index in [1.165, 1.54) is 25.0 Å². The predicted octanol–water partition coefficient (Wildman–Crippen LogP) is 3.29. The van der Waals surface area contributed by atoms with Crippen molar-refractivity contribution in [2.24, 2.45) is 5.92 Å². The molecule has 0 heterocycles. The molecule has 0 aliphatic heterocycles. The molecule has 1 atom stereocenters. The molecule has 1 saturated carbocycles. The van der Waals surface area contributed by atoms with Gasteiger partial charge in [-0.25, -0.2) is 4.39 Å². The molecule has 2 nitrogen and oxygen atoms in total. The minimum Gasteiger partial charge on any atom is -0.372 e. The molecule has 1 fully saturated rings. The Morgan fingerprint density at radius 3 is 2.67 bits per heavy atom. The second kappa shape index (κ2) is 6.86. The van der Waals surface area contributed by atoms with Gasteiger partial charge in [0.25, 0.3) is 0 Å². The Balaban J connectivity index is 1.87. The summed E-state index contributed by atoms with van der Waals surface area (Å²) in [4.78, 5) is 0. The van der Waals surface area contributed by atoms with Gasteiger partial charge in [0.2, 0.25) is 0 Å². The summed E-state index contributed by atoms with van der Waals surface area (Å²) >= 11 is 0. The molecule has 100 valence electrons. The van der Waals surface area contributed by atoms with E-state index in [1.54, 1.807) is 0 Å². The van der Waals surface area contributed by atoms with E-state index in [1.807, 2.05) is 12.1 Å². The molecule has 0 radical (unpaired) electrons. The van der Waals surface area contributed by atoms with Crippen molar-refractivity contribution in [1.82, 2.24) is 5.32 Å². The molecule has 2 rings (SSSR count). The molecule has 0 bridgehead atoms. The summed E-state index contributed by atoms with van der Waals surface area (Å²) in [6.07, 6.45) is 3.91. The Bertz CT molecular complexity index is 348. The van der Waals surface area contributed by atoms with Crippen molar-refractivity contribution in [2.75, 3.05) is 19.7 Å². The highest BCUT2D eigenvalue weighted by Crippen LogP contribution is 2.32. The minimum atomic E-state index is -0.195. The lowest BCUT2D eigenvalue weighted by atomic mass is 10.1. The number of halogens is 1. The Morgan fingerprint density at radius 1 is 1.33 bits per heavy atom. The number of ether oxygens (including phenoxy) is 1. The fraction of sp³-hybridized carbons (Fsp3) is 0.600. The lowest BCUT2D eigenvalue weighted by Gasteiger charge is -2.18. The quantitative estimate of drug-likeness (QED) is 0.765. The topological polar surface area (TPSA) is 21.3 Å². The van der Waals surface area contributed by atoms with Crippen LogP contribution in [-0.2, 0) is 4.74 Å². The zero-order valence-corrected chi connectivity index (χ0v) is 11.0. The zero-order chi connectivity index (χ0) is 12.8. The molecule has 0 amide bonds. The average Bonchev–Trinajstić information content (AvgIpc) is 3.19. The molecule has 0 spiro atoms. The third-order valence-corrected chi connectivity index (χ3v) is 3.36. The molecule has 1 N–H and O–H groups in total. The van der Waals surface area contributed by atoms with Gasteiger partial charge in [-0.1, -0.05) is 31.9 Å². The molecule has 1 aromatic carbocycles. The smallest absolute Gasteiger partial charge is 0.123 e. The molecule has 0 aromatic heterocycles. The maximum atomic E-state index is 12.9. The normalized spacial score (nSPS) is 16.8. The SMILES string of the molecule is CCNCC(OCCC1CC1)c1ccc(F)cc1. The standard InChI is InChI=1S/C15H22FNO/c1-2-17-11-15(18-10-9-12-3-4-12)13-5-7-14(16)8-6-13/h5-8,12,15,17H,2-4,9-11H2,1H3. The van der Waals surface area contributed by atoms with Crippen LogP contribution in [0.15, 0.2) is 24.3 Å². The van der Waals surface area contributed by atoms with E-state index in [4.69, 9.17) is 4.74 Å². The van der Waals surface area contributed by atoms with E-state index in [9.17, 15) is 4.39 Å². The first kappa shape index (κ1) is 13.5. The van der Waals surface area contributed by atoms with E-state index >= 15 is 0 Å². The van der Waals surface area contributed by atoms with Gasteiger partial charge in [0, 0.05) is 13.2 Å². The van der Waals surface area contributed by atoms with Crippen LogP contribution in [0, 0.1) is 11.7 Å². The van der Waals surface area contributed by atoms with Gasteiger partial charge in [0.1, 0.15) is 5.82 Å². The number of benzene rings is 1. The van der Waals surface area contributed by atoms with Crippen LogP contribution in [0.3, 0.4) is 0 Å². The zero-order valence-electron chi connectivity index (χ0n) is 11.0. The fourth-order valence-electron chi connectivity index (χ4n) is 2.01. The minimum absolute atomic E-state index is 0.0318. The van der Waals surface area contributed by atoms with Gasteiger partial charge >= 0.3 is 0 Å². The third-order valence-electron chi connectivity index (χ3n) is 3.36. The van der Waals surface area contributed by atoms with Crippen molar-refractivity contribution < 1.29 is 9.13 Å². The van der Waals surface area contributed by atoms with Crippen LogP contribution >= 0.6 is 0 Å². The molecule has 18 heavy (non-hydrogen) atoms. The van der Waals surface area contributed by atoms with E-state index in [-0.39, 0.29) is 11.9 Å². The molecule has 1 unspecified atom stereocenters. The summed E-state index contributed by atoms with van der Waals surface area (Å²) in [5, 5.41) is 3.30. The summed E-state index contributed by atoms with van der Waals surface area (Å²) in [6, 6.07) is 6.62. The van der Waals surface area contributed by atoms with Gasteiger partial charge in [-0.05, 0) is 36.6 Å². The number of hydrogen-bond acceptors (Lipinski definition) is 2. The summed E-state index contributed by atoms with van der Waals surface area (Å²) in [5.74, 6) is 0.692. The maximum Gasteiger partial charge on any atom is 0.123 e. The molecule has 1 aromatic rings. The molecular formula is C15H22FNO. The monoisotopic (exact) mass is 251 g/mol. The molecule has 1 aliphatic rings. The van der Waals surface area contributed by atoms with Crippen molar-refractivity contribution in [3.63, 3.8) is 0 Å². The lowest BCUT2D eigenvalue weighted by molar-refractivity contribution is 0.0489. The van der Waals surface area contributed by atoms with Gasteiger partial charge in [0.15, 0.2) is 0 Å². The average molecular weight is 251 g/mol. The molecular weight excluding hydrogens is 229 g/mol. The first-order valence-electron chi connectivity index (χ1n) is 6.87. The maximum absolute atomic E-state index is 12.9. The molecule has 1 aliphatic carbocycles. The van der Waals surface area contributed by atoms with Gasteiger partial charge in [-0.3, -0.25) is 0 Å². The van der Waals surface area contributed by atoms with Gasteiger partial charge in [-0.2, -0.15) is 0 Å². The van der Waals surface area contributed by atoms with E-state index in [0.29, 0.717) is 0 Å². The van der Waals surface area contributed by atoms with Crippen molar-refractivity contribution >= 4 is 0 Å². The highest BCUT2D eigenvalue weighted by molar-refractivity contribution is 5.19. The Kier molecular flexibility index (Phi) is 5.14. The Hall–Kier alpha value is -0.930. The van der Waals surface area contributed by atoms with E-state index in [2.05, 4.69) is 12.2 Å². The van der Waals surface area contributed by atoms with Crippen molar-refractivity contribution in [3.05, 3.63) is 35.6 Å². The summed E-state index contributed by atoms with van der Waals surface area (Å²) < 4.78 is 18.8. The predicted molar refractivity (Wildman–Crippen MR) is 71.0 cm³/mol. The van der Waals surface area contributed by atoms with Crippen LogP contribution in [0.5, 0.6) is 0 Å². The first-order valence-corrected chi connectivity index (χ1v) is 6.87. The van der Waals surface area contributed by atoms with Gasteiger partial charge in [0.05, 0.1) is 6.10 Å². The summed E-state index contributed by atoms with van der Waals surface area (Å²) in [6.45, 7) is 4.58. The second-order valence-electron chi connectivity index (χ2n) is 4.95. The van der Waals surface area contributed by atoms with Crippen LogP contribution in [0.4, 0.5) is 4.39 Å². The number of rotatable bonds is 8. The Morgan fingerprint density at radius 2 is 2.06 bits per heavy atom. The van der Waals surface area contributed by atoms with Crippen LogP contribution < -0.4 is 5.32 Å². The third kappa shape index (κ3) is 4.39. The summed E-state index contributed by atoms with van der Waals surface area (Å²) in [5.41, 5.74) is 1.05. The van der Waals surface area contributed by atoms with Crippen LogP contribution in [-0.4, -0.2) is 19.7 Å². The van der Waals surface area contributed by atoms with E-state index in [0.717, 1.165) is 37.6 Å². The van der Waals surface area contributed by atoms with Crippen LogP contribution in [0.1, 0.15) is 37.9 Å². The number of hydrogen-bond donors (Lipinski definition) is 1. The number of likely N-dealkylation sites (N-methyl/N-ethyl adjacent to an activating group) is 1. The van der Waals surface area contributed by atoms with Crippen LogP contribution in [0.25, 0.3) is 0 Å². The highest BCUT2D eigenvalue weighted by atomic mass is 19.1. The van der Waals surface area contributed by atoms with E-state index < -0.39 is 0 Å². The van der Waals surface area contributed by atoms with Crippen molar-refractivity contribution in [2.45, 2.75) is 32.3 Å². The van der Waals surface area contributed by atoms with Crippen LogP contribution in [0.2, 0.25) is 0 Å². The lowest BCUT2D eigenvalue weighted by Crippen LogP contribution is -2.23. The molecule has 3 heteroatoms. The fourth-order valence-corrected chi connectivity index (χ4v) is 2.01. The van der Waals surface area contributed by atoms with Gasteiger partial charge in [-0.15, -0.1) is 0 Å². The molecule has 0 saturated heterocycles. The highest BCUT2D eigenvalue weighted by Gasteiger charge is 2.21. The number of nitrogens with one attached hydrogen (secondary N) is 1. The second-order valence-corrected chi connectivity index (χ2v) is 4.95. The first-order chi connectivity index (χ1) is 8.79. The largest absolute Gasteiger partial charge is 0.372 e. The van der Waals surface area contributed by atoms with Gasteiger partial charge < -0.3 is 10.1 Å². The van der Waals surface area contributed by atoms with Crippen molar-refractivity contribution in [1.29, 1.82) is 0 Å².